The Kier molecular flexibility index (Phi) is 5.58. The maximum atomic E-state index is 13.3. The van der Waals surface area contributed by atoms with Gasteiger partial charge >= 0.3 is 0 Å². The van der Waals surface area contributed by atoms with Crippen molar-refractivity contribution in [1.29, 1.82) is 0 Å². The monoisotopic (exact) mass is 467 g/mol. The van der Waals surface area contributed by atoms with Crippen LogP contribution in [0, 0.1) is 0 Å². The predicted octanol–water partition coefficient (Wildman–Crippen LogP) is 4.41. The topological polar surface area (TPSA) is 89.2 Å². The van der Waals surface area contributed by atoms with E-state index in [4.69, 9.17) is 0 Å². The highest BCUT2D eigenvalue weighted by atomic mass is 16.1. The molecule has 35 heavy (non-hydrogen) atoms. The number of piperidine rings is 1. The molecule has 0 bridgehead atoms. The van der Waals surface area contributed by atoms with Crippen molar-refractivity contribution in [1.82, 2.24) is 20.1 Å². The van der Waals surface area contributed by atoms with Gasteiger partial charge < -0.3 is 20.4 Å². The Morgan fingerprint density at radius 1 is 1.06 bits per heavy atom. The number of benzene rings is 2. The lowest BCUT2D eigenvalue weighted by Crippen LogP contribution is -2.43. The molecule has 3 N–H and O–H groups in total. The molecule has 178 valence electrons. The van der Waals surface area contributed by atoms with E-state index in [0.717, 1.165) is 48.3 Å². The molecule has 0 spiro atoms. The minimum Gasteiger partial charge on any atom is -0.368 e. The van der Waals surface area contributed by atoms with E-state index in [1.54, 1.807) is 24.5 Å². The van der Waals surface area contributed by atoms with E-state index in [9.17, 15) is 4.79 Å². The zero-order chi connectivity index (χ0) is 23.8. The highest BCUT2D eigenvalue weighted by Crippen LogP contribution is 2.35. The third-order valence-corrected chi connectivity index (χ3v) is 7.16. The van der Waals surface area contributed by atoms with Crippen molar-refractivity contribution in [3.05, 3.63) is 72.1 Å². The summed E-state index contributed by atoms with van der Waals surface area (Å²) in [4.78, 5) is 22.7. The van der Waals surface area contributed by atoms with Crippen molar-refractivity contribution in [3.63, 3.8) is 0 Å². The number of nitrogens with zero attached hydrogens (tertiary/aromatic N) is 4. The number of aromatic nitrogens is 3. The predicted molar refractivity (Wildman–Crippen MR) is 140 cm³/mol. The van der Waals surface area contributed by atoms with Crippen LogP contribution in [0.5, 0.6) is 0 Å². The Morgan fingerprint density at radius 2 is 1.91 bits per heavy atom. The molecular formula is C27H29N7O. The second kappa shape index (κ2) is 9.03. The van der Waals surface area contributed by atoms with Crippen LogP contribution in [0.1, 0.15) is 28.8 Å². The Hall–Kier alpha value is -3.91. The minimum absolute atomic E-state index is 0.188. The average molecular weight is 468 g/mol. The van der Waals surface area contributed by atoms with Crippen LogP contribution in [0.4, 0.5) is 22.9 Å². The first kappa shape index (κ1) is 21.6. The minimum atomic E-state index is -0.188. The van der Waals surface area contributed by atoms with Crippen molar-refractivity contribution in [3.8, 4) is 0 Å². The van der Waals surface area contributed by atoms with Crippen molar-refractivity contribution in [2.24, 2.45) is 0 Å². The number of pyridine rings is 1. The van der Waals surface area contributed by atoms with Gasteiger partial charge in [-0.15, -0.1) is 0 Å². The smallest absolute Gasteiger partial charge is 0.259 e. The van der Waals surface area contributed by atoms with E-state index in [1.807, 2.05) is 24.3 Å². The third kappa shape index (κ3) is 4.33. The fourth-order valence-corrected chi connectivity index (χ4v) is 5.21. The lowest BCUT2D eigenvalue weighted by Gasteiger charge is -2.36. The van der Waals surface area contributed by atoms with Crippen molar-refractivity contribution >= 4 is 39.7 Å². The van der Waals surface area contributed by atoms with Crippen LogP contribution in [0.2, 0.25) is 0 Å². The molecule has 0 saturated carbocycles. The quantitative estimate of drug-likeness (QED) is 0.403. The number of carbonyl (C=O) groups is 1. The molecule has 2 aliphatic rings. The normalized spacial score (nSPS) is 16.4. The number of amides is 1. The van der Waals surface area contributed by atoms with Crippen molar-refractivity contribution in [2.45, 2.75) is 25.3 Å². The first-order valence-electron chi connectivity index (χ1n) is 12.2. The summed E-state index contributed by atoms with van der Waals surface area (Å²) in [5, 5.41) is 14.4. The van der Waals surface area contributed by atoms with Gasteiger partial charge in [-0.2, -0.15) is 5.10 Å². The Bertz CT molecular complexity index is 1370. The van der Waals surface area contributed by atoms with Gasteiger partial charge in [0.15, 0.2) is 0 Å². The standard InChI is InChI=1S/C27H29N7O/c1-33-12-9-22(10-13-33)34-14-8-18-4-6-21(16-25(18)34)31-27(35)23-3-2-11-28-26(23)30-20-7-5-19-17-29-32-24(19)15-20/h2-7,11,15-17,22H,8-10,12-14H2,1H3,(H,28,30)(H,29,32)(H,31,35). The van der Waals surface area contributed by atoms with Gasteiger partial charge in [-0.3, -0.25) is 9.89 Å². The number of likely N-dealkylation sites (tertiary alicyclic amines) is 1. The summed E-state index contributed by atoms with van der Waals surface area (Å²) in [6, 6.07) is 16.3. The highest BCUT2D eigenvalue weighted by molar-refractivity contribution is 6.08. The number of hydrogen-bond donors (Lipinski definition) is 3. The van der Waals surface area contributed by atoms with Crippen LogP contribution in [-0.4, -0.2) is 58.7 Å². The largest absolute Gasteiger partial charge is 0.368 e. The van der Waals surface area contributed by atoms with Crippen molar-refractivity contribution in [2.75, 3.05) is 42.2 Å². The van der Waals surface area contributed by atoms with Gasteiger partial charge in [-0.25, -0.2) is 4.98 Å². The van der Waals surface area contributed by atoms with Crippen molar-refractivity contribution < 1.29 is 4.79 Å². The Balaban J connectivity index is 1.21. The van der Waals surface area contributed by atoms with Crippen LogP contribution in [0.25, 0.3) is 10.9 Å². The molecule has 1 amide bonds. The molecule has 1 fully saturated rings. The molecule has 0 aliphatic carbocycles. The van der Waals surface area contributed by atoms with E-state index in [0.29, 0.717) is 17.4 Å². The molecule has 8 heteroatoms. The summed E-state index contributed by atoms with van der Waals surface area (Å²) in [7, 11) is 2.19. The Labute approximate surface area is 204 Å². The molecule has 8 nitrogen and oxygen atoms in total. The molecule has 2 aromatic heterocycles. The van der Waals surface area contributed by atoms with Gasteiger partial charge in [0.25, 0.3) is 5.91 Å². The molecule has 6 rings (SSSR count). The summed E-state index contributed by atoms with van der Waals surface area (Å²) in [6.07, 6.45) is 6.89. The number of rotatable bonds is 5. The first-order valence-corrected chi connectivity index (χ1v) is 12.2. The number of anilines is 4. The summed E-state index contributed by atoms with van der Waals surface area (Å²) in [5.41, 5.74) is 5.67. The molecule has 4 aromatic rings. The number of fused-ring (bicyclic) bond motifs is 2. The van der Waals surface area contributed by atoms with Crippen LogP contribution in [0.15, 0.2) is 60.9 Å². The van der Waals surface area contributed by atoms with E-state index in [-0.39, 0.29) is 5.91 Å². The molecule has 2 aromatic carbocycles. The van der Waals surface area contributed by atoms with Gasteiger partial charge in [0.05, 0.1) is 17.3 Å². The Morgan fingerprint density at radius 3 is 2.80 bits per heavy atom. The summed E-state index contributed by atoms with van der Waals surface area (Å²) < 4.78 is 0. The second-order valence-corrected chi connectivity index (χ2v) is 9.47. The molecule has 2 aliphatic heterocycles. The van der Waals surface area contributed by atoms with E-state index in [1.165, 1.54) is 24.1 Å². The summed E-state index contributed by atoms with van der Waals surface area (Å²) in [6.45, 7) is 3.33. The summed E-state index contributed by atoms with van der Waals surface area (Å²) >= 11 is 0. The SMILES string of the molecule is CN1CCC(N2CCc3ccc(NC(=O)c4cccnc4Nc4ccc5cn[nH]c5c4)cc32)CC1. The van der Waals surface area contributed by atoms with Gasteiger partial charge in [0.2, 0.25) is 0 Å². The summed E-state index contributed by atoms with van der Waals surface area (Å²) in [5.74, 6) is 0.324. The third-order valence-electron chi connectivity index (χ3n) is 7.16. The molecule has 0 unspecified atom stereocenters. The maximum Gasteiger partial charge on any atom is 0.259 e. The average Bonchev–Trinajstić information content (AvgIpc) is 3.51. The lowest BCUT2D eigenvalue weighted by atomic mass is 10.0. The number of hydrogen-bond acceptors (Lipinski definition) is 6. The van der Waals surface area contributed by atoms with E-state index >= 15 is 0 Å². The highest BCUT2D eigenvalue weighted by Gasteiger charge is 2.28. The fourth-order valence-electron chi connectivity index (χ4n) is 5.21. The van der Waals surface area contributed by atoms with Crippen LogP contribution in [0.3, 0.4) is 0 Å². The lowest BCUT2D eigenvalue weighted by molar-refractivity contribution is 0.102. The zero-order valence-electron chi connectivity index (χ0n) is 19.8. The second-order valence-electron chi connectivity index (χ2n) is 9.47. The number of carbonyl (C=O) groups excluding carboxylic acids is 1. The first-order chi connectivity index (χ1) is 17.1. The van der Waals surface area contributed by atoms with Gasteiger partial charge in [0.1, 0.15) is 5.82 Å². The van der Waals surface area contributed by atoms with Gasteiger partial charge in [0, 0.05) is 41.2 Å². The molecule has 0 radical (unpaired) electrons. The fraction of sp³-hybridized carbons (Fsp3) is 0.296. The van der Waals surface area contributed by atoms with Crippen LogP contribution in [-0.2, 0) is 6.42 Å². The maximum absolute atomic E-state index is 13.3. The van der Waals surface area contributed by atoms with E-state index < -0.39 is 0 Å². The number of aromatic amines is 1. The molecule has 4 heterocycles. The van der Waals surface area contributed by atoms with E-state index in [2.05, 4.69) is 54.8 Å². The number of nitrogens with one attached hydrogen (secondary N) is 3. The molecule has 1 saturated heterocycles. The zero-order valence-corrected chi connectivity index (χ0v) is 19.8. The van der Waals surface area contributed by atoms with Gasteiger partial charge in [-0.1, -0.05) is 6.07 Å². The number of H-pyrrole nitrogens is 1. The molecular weight excluding hydrogens is 438 g/mol. The van der Waals surface area contributed by atoms with Crippen LogP contribution >= 0.6 is 0 Å². The van der Waals surface area contributed by atoms with Gasteiger partial charge in [-0.05, 0) is 87.4 Å². The molecule has 0 atom stereocenters. The van der Waals surface area contributed by atoms with Crippen LogP contribution < -0.4 is 15.5 Å².